The van der Waals surface area contributed by atoms with E-state index in [1.54, 1.807) is 0 Å². The van der Waals surface area contributed by atoms with Crippen LogP contribution in [0.2, 0.25) is 0 Å². The summed E-state index contributed by atoms with van der Waals surface area (Å²) in [5, 5.41) is 3.15. The molecule has 0 aliphatic heterocycles. The van der Waals surface area contributed by atoms with Gasteiger partial charge in [0.2, 0.25) is 0 Å². The lowest BCUT2D eigenvalue weighted by molar-refractivity contribution is 0.559. The molecule has 1 N–H and O–H groups in total. The first-order chi connectivity index (χ1) is 7.42. The lowest BCUT2D eigenvalue weighted by Crippen LogP contribution is -2.19. The van der Waals surface area contributed by atoms with Crippen LogP contribution >= 0.6 is 0 Å². The Kier molecular flexibility index (Phi) is 4.50. The Balaban J connectivity index is 2.75. The summed E-state index contributed by atoms with van der Waals surface area (Å²) in [7, 11) is -1.03. The Bertz CT molecular complexity index is 440. The number of aryl methyl sites for hydroxylation is 1. The van der Waals surface area contributed by atoms with Crippen LogP contribution in [-0.4, -0.2) is 27.5 Å². The second-order valence-electron chi connectivity index (χ2n) is 4.17. The summed E-state index contributed by atoms with van der Waals surface area (Å²) >= 11 is 0. The summed E-state index contributed by atoms with van der Waals surface area (Å²) in [4.78, 5) is 0. The quantitative estimate of drug-likeness (QED) is 0.853. The minimum atomic E-state index is -2.89. The summed E-state index contributed by atoms with van der Waals surface area (Å²) in [6, 6.07) is 8.25. The predicted octanol–water partition coefficient (Wildman–Crippen LogP) is 1.69. The van der Waals surface area contributed by atoms with Crippen molar-refractivity contribution in [3.8, 4) is 0 Å². The molecular weight excluding hydrogens is 222 g/mol. The van der Waals surface area contributed by atoms with Crippen LogP contribution in [0.5, 0.6) is 0 Å². The van der Waals surface area contributed by atoms with Crippen molar-refractivity contribution in [2.24, 2.45) is 0 Å². The molecule has 0 heterocycles. The molecule has 1 aromatic rings. The van der Waals surface area contributed by atoms with Crippen LogP contribution in [0.3, 0.4) is 0 Å². The van der Waals surface area contributed by atoms with Crippen molar-refractivity contribution < 1.29 is 8.42 Å². The Morgan fingerprint density at radius 2 is 2.06 bits per heavy atom. The van der Waals surface area contributed by atoms with E-state index in [0.29, 0.717) is 6.42 Å². The van der Waals surface area contributed by atoms with Gasteiger partial charge in [-0.3, -0.25) is 0 Å². The molecule has 4 heteroatoms. The molecular formula is C12H19NO2S. The molecule has 0 amide bonds. The van der Waals surface area contributed by atoms with Crippen molar-refractivity contribution in [3.05, 3.63) is 35.4 Å². The molecule has 1 rings (SSSR count). The van der Waals surface area contributed by atoms with Crippen LogP contribution < -0.4 is 5.32 Å². The SMILES string of the molecule is CNC(CCS(C)(=O)=O)c1cccc(C)c1. The molecule has 0 aliphatic rings. The van der Waals surface area contributed by atoms with E-state index in [-0.39, 0.29) is 11.8 Å². The van der Waals surface area contributed by atoms with Gasteiger partial charge in [0.05, 0.1) is 5.75 Å². The largest absolute Gasteiger partial charge is 0.313 e. The lowest BCUT2D eigenvalue weighted by Gasteiger charge is -2.16. The van der Waals surface area contributed by atoms with Crippen LogP contribution in [0.4, 0.5) is 0 Å². The fourth-order valence-electron chi connectivity index (χ4n) is 1.70. The van der Waals surface area contributed by atoms with Crippen molar-refractivity contribution in [2.75, 3.05) is 19.1 Å². The molecule has 16 heavy (non-hydrogen) atoms. The van der Waals surface area contributed by atoms with Gasteiger partial charge in [-0.1, -0.05) is 29.8 Å². The van der Waals surface area contributed by atoms with Crippen LogP contribution in [0.1, 0.15) is 23.6 Å². The summed E-state index contributed by atoms with van der Waals surface area (Å²) < 4.78 is 22.2. The highest BCUT2D eigenvalue weighted by molar-refractivity contribution is 7.90. The van der Waals surface area contributed by atoms with Crippen LogP contribution in [-0.2, 0) is 9.84 Å². The van der Waals surface area contributed by atoms with Crippen molar-refractivity contribution in [1.82, 2.24) is 5.32 Å². The highest BCUT2D eigenvalue weighted by Gasteiger charge is 2.12. The molecule has 0 saturated carbocycles. The maximum Gasteiger partial charge on any atom is 0.147 e. The molecule has 1 atom stereocenters. The van der Waals surface area contributed by atoms with Crippen molar-refractivity contribution in [3.63, 3.8) is 0 Å². The zero-order valence-electron chi connectivity index (χ0n) is 10.0. The summed E-state index contributed by atoms with van der Waals surface area (Å²) in [6.07, 6.45) is 1.88. The topological polar surface area (TPSA) is 46.2 Å². The maximum atomic E-state index is 11.1. The van der Waals surface area contributed by atoms with E-state index in [1.165, 1.54) is 11.8 Å². The second kappa shape index (κ2) is 5.46. The number of hydrogen-bond donors (Lipinski definition) is 1. The van der Waals surface area contributed by atoms with E-state index in [2.05, 4.69) is 11.4 Å². The zero-order chi connectivity index (χ0) is 12.2. The van der Waals surface area contributed by atoms with Gasteiger partial charge in [0.15, 0.2) is 0 Å². The molecule has 0 aliphatic carbocycles. The van der Waals surface area contributed by atoms with E-state index in [1.807, 2.05) is 32.2 Å². The summed E-state index contributed by atoms with van der Waals surface area (Å²) in [6.45, 7) is 2.03. The number of benzene rings is 1. The molecule has 0 aromatic heterocycles. The van der Waals surface area contributed by atoms with Crippen molar-refractivity contribution in [1.29, 1.82) is 0 Å². The highest BCUT2D eigenvalue weighted by atomic mass is 32.2. The van der Waals surface area contributed by atoms with Crippen molar-refractivity contribution in [2.45, 2.75) is 19.4 Å². The normalized spacial score (nSPS) is 13.7. The van der Waals surface area contributed by atoms with E-state index >= 15 is 0 Å². The van der Waals surface area contributed by atoms with Gasteiger partial charge < -0.3 is 5.32 Å². The number of rotatable bonds is 5. The molecule has 1 aromatic carbocycles. The van der Waals surface area contributed by atoms with Gasteiger partial charge in [0, 0.05) is 12.3 Å². The third-order valence-electron chi connectivity index (χ3n) is 2.57. The third kappa shape index (κ3) is 4.33. The second-order valence-corrected chi connectivity index (χ2v) is 6.43. The van der Waals surface area contributed by atoms with Gasteiger partial charge >= 0.3 is 0 Å². The molecule has 0 bridgehead atoms. The van der Waals surface area contributed by atoms with Gasteiger partial charge in [-0.15, -0.1) is 0 Å². The van der Waals surface area contributed by atoms with Crippen molar-refractivity contribution >= 4 is 9.84 Å². The molecule has 3 nitrogen and oxygen atoms in total. The zero-order valence-corrected chi connectivity index (χ0v) is 10.8. The minimum absolute atomic E-state index is 0.106. The average Bonchev–Trinajstić information content (AvgIpc) is 2.17. The van der Waals surface area contributed by atoms with E-state index in [4.69, 9.17) is 0 Å². The van der Waals surface area contributed by atoms with Gasteiger partial charge in [0.25, 0.3) is 0 Å². The highest BCUT2D eigenvalue weighted by Crippen LogP contribution is 2.18. The van der Waals surface area contributed by atoms with Crippen LogP contribution in [0, 0.1) is 6.92 Å². The van der Waals surface area contributed by atoms with Crippen LogP contribution in [0.25, 0.3) is 0 Å². The summed E-state index contributed by atoms with van der Waals surface area (Å²) in [5.41, 5.74) is 2.34. The number of hydrogen-bond acceptors (Lipinski definition) is 3. The fraction of sp³-hybridized carbons (Fsp3) is 0.500. The first-order valence-electron chi connectivity index (χ1n) is 5.34. The number of sulfone groups is 1. The van der Waals surface area contributed by atoms with Gasteiger partial charge in [-0.25, -0.2) is 8.42 Å². The molecule has 0 fully saturated rings. The van der Waals surface area contributed by atoms with Gasteiger partial charge in [-0.2, -0.15) is 0 Å². The predicted molar refractivity (Wildman–Crippen MR) is 67.3 cm³/mol. The molecule has 90 valence electrons. The third-order valence-corrected chi connectivity index (χ3v) is 3.55. The Hall–Kier alpha value is -0.870. The average molecular weight is 241 g/mol. The molecule has 1 unspecified atom stereocenters. The smallest absolute Gasteiger partial charge is 0.147 e. The minimum Gasteiger partial charge on any atom is -0.313 e. The van der Waals surface area contributed by atoms with E-state index in [9.17, 15) is 8.42 Å². The van der Waals surface area contributed by atoms with Crippen LogP contribution in [0.15, 0.2) is 24.3 Å². The summed E-state index contributed by atoms with van der Waals surface area (Å²) in [5.74, 6) is 0.215. The monoisotopic (exact) mass is 241 g/mol. The number of nitrogens with one attached hydrogen (secondary N) is 1. The van der Waals surface area contributed by atoms with E-state index < -0.39 is 9.84 Å². The Morgan fingerprint density at radius 3 is 2.56 bits per heavy atom. The lowest BCUT2D eigenvalue weighted by atomic mass is 10.0. The van der Waals surface area contributed by atoms with Gasteiger partial charge in [-0.05, 0) is 26.0 Å². The first kappa shape index (κ1) is 13.2. The fourth-order valence-corrected chi connectivity index (χ4v) is 2.36. The van der Waals surface area contributed by atoms with E-state index in [0.717, 1.165) is 5.56 Å². The standard InChI is InChI=1S/C12H19NO2S/c1-10-5-4-6-11(9-10)12(13-2)7-8-16(3,14)15/h4-6,9,12-13H,7-8H2,1-3H3. The molecule has 0 radical (unpaired) electrons. The Morgan fingerprint density at radius 1 is 1.38 bits per heavy atom. The maximum absolute atomic E-state index is 11.1. The van der Waals surface area contributed by atoms with Gasteiger partial charge in [0.1, 0.15) is 9.84 Å². The first-order valence-corrected chi connectivity index (χ1v) is 7.40. The molecule has 0 spiro atoms. The Labute approximate surface area is 97.8 Å². The molecule has 0 saturated heterocycles.